The first-order valence-corrected chi connectivity index (χ1v) is 6.55. The fourth-order valence-corrected chi connectivity index (χ4v) is 2.48. The summed E-state index contributed by atoms with van der Waals surface area (Å²) in [7, 11) is 0. The van der Waals surface area contributed by atoms with Crippen molar-refractivity contribution in [3.8, 4) is 0 Å². The predicted molar refractivity (Wildman–Crippen MR) is 76.0 cm³/mol. The molecule has 0 aromatic heterocycles. The molecule has 0 saturated heterocycles. The topological polar surface area (TPSA) is 26.0 Å². The summed E-state index contributed by atoms with van der Waals surface area (Å²) in [6.45, 7) is 4.09. The lowest BCUT2D eigenvalue weighted by molar-refractivity contribution is 0.619. The summed E-state index contributed by atoms with van der Waals surface area (Å²) in [6, 6.07) is 10.9. The monoisotopic (exact) mass is 307 g/mol. The molecule has 0 fully saturated rings. The second-order valence-corrected chi connectivity index (χ2v) is 5.43. The summed E-state index contributed by atoms with van der Waals surface area (Å²) >= 11 is 3.19. The Labute approximate surface area is 115 Å². The SMILES string of the molecule is Cc1cc(C)cc(C(N)c2ccc(F)c(Br)c2)c1. The molecule has 1 unspecified atom stereocenters. The van der Waals surface area contributed by atoms with Crippen molar-refractivity contribution in [2.45, 2.75) is 19.9 Å². The Morgan fingerprint density at radius 3 is 2.17 bits per heavy atom. The van der Waals surface area contributed by atoms with Gasteiger partial charge in [0.25, 0.3) is 0 Å². The summed E-state index contributed by atoms with van der Waals surface area (Å²) in [5.41, 5.74) is 10.5. The maximum absolute atomic E-state index is 13.2. The van der Waals surface area contributed by atoms with Crippen molar-refractivity contribution >= 4 is 15.9 Å². The number of nitrogens with two attached hydrogens (primary N) is 1. The van der Waals surface area contributed by atoms with E-state index in [9.17, 15) is 4.39 Å². The molecule has 1 nitrogen and oxygen atoms in total. The average molecular weight is 308 g/mol. The first kappa shape index (κ1) is 13.2. The van der Waals surface area contributed by atoms with Gasteiger partial charge in [0, 0.05) is 0 Å². The first-order chi connectivity index (χ1) is 8.47. The smallest absolute Gasteiger partial charge is 0.137 e. The predicted octanol–water partition coefficient (Wildman–Crippen LogP) is 4.25. The second-order valence-electron chi connectivity index (χ2n) is 4.57. The van der Waals surface area contributed by atoms with Crippen LogP contribution in [0.4, 0.5) is 4.39 Å². The number of benzene rings is 2. The van der Waals surface area contributed by atoms with Gasteiger partial charge in [-0.3, -0.25) is 0 Å². The van der Waals surface area contributed by atoms with E-state index in [1.165, 1.54) is 17.2 Å². The number of halogens is 2. The Hall–Kier alpha value is -1.19. The highest BCUT2D eigenvalue weighted by Crippen LogP contribution is 2.25. The van der Waals surface area contributed by atoms with E-state index in [2.05, 4.69) is 34.1 Å². The molecular weight excluding hydrogens is 293 g/mol. The standard InChI is InChI=1S/C15H15BrFN/c1-9-5-10(2)7-12(6-9)15(18)11-3-4-14(17)13(16)8-11/h3-8,15H,18H2,1-2H3. The normalized spacial score (nSPS) is 12.5. The lowest BCUT2D eigenvalue weighted by Crippen LogP contribution is -2.12. The highest BCUT2D eigenvalue weighted by Gasteiger charge is 2.11. The van der Waals surface area contributed by atoms with Crippen molar-refractivity contribution < 1.29 is 4.39 Å². The summed E-state index contributed by atoms with van der Waals surface area (Å²) in [5, 5.41) is 0. The van der Waals surface area contributed by atoms with Crippen LogP contribution in [0.15, 0.2) is 40.9 Å². The van der Waals surface area contributed by atoms with Gasteiger partial charge in [0.2, 0.25) is 0 Å². The van der Waals surface area contributed by atoms with E-state index >= 15 is 0 Å². The van der Waals surface area contributed by atoms with Gasteiger partial charge in [-0.05, 0) is 53.0 Å². The van der Waals surface area contributed by atoms with Crippen LogP contribution in [-0.4, -0.2) is 0 Å². The van der Waals surface area contributed by atoms with Gasteiger partial charge < -0.3 is 5.73 Å². The van der Waals surface area contributed by atoms with E-state index in [1.54, 1.807) is 12.1 Å². The summed E-state index contributed by atoms with van der Waals surface area (Å²) in [5.74, 6) is -0.272. The lowest BCUT2D eigenvalue weighted by atomic mass is 9.96. The second kappa shape index (κ2) is 5.21. The number of hydrogen-bond acceptors (Lipinski definition) is 1. The molecule has 2 rings (SSSR count). The van der Waals surface area contributed by atoms with E-state index in [4.69, 9.17) is 5.73 Å². The Morgan fingerprint density at radius 2 is 1.61 bits per heavy atom. The maximum atomic E-state index is 13.2. The third-order valence-electron chi connectivity index (χ3n) is 2.91. The third kappa shape index (κ3) is 2.79. The van der Waals surface area contributed by atoms with Crippen LogP contribution in [0.3, 0.4) is 0 Å². The molecule has 0 saturated carbocycles. The van der Waals surface area contributed by atoms with Crippen molar-refractivity contribution in [1.82, 2.24) is 0 Å². The molecule has 2 N–H and O–H groups in total. The number of aryl methyl sites for hydroxylation is 2. The van der Waals surface area contributed by atoms with Gasteiger partial charge in [0.1, 0.15) is 5.82 Å². The van der Waals surface area contributed by atoms with Crippen LogP contribution in [0.1, 0.15) is 28.3 Å². The highest BCUT2D eigenvalue weighted by molar-refractivity contribution is 9.10. The Balaban J connectivity index is 2.40. The Morgan fingerprint density at radius 1 is 1.00 bits per heavy atom. The van der Waals surface area contributed by atoms with Gasteiger partial charge in [0.15, 0.2) is 0 Å². The van der Waals surface area contributed by atoms with Gasteiger partial charge in [-0.2, -0.15) is 0 Å². The van der Waals surface area contributed by atoms with Crippen LogP contribution in [0, 0.1) is 19.7 Å². The minimum Gasteiger partial charge on any atom is -0.320 e. The van der Waals surface area contributed by atoms with Gasteiger partial charge >= 0.3 is 0 Å². The van der Waals surface area contributed by atoms with Crippen LogP contribution in [-0.2, 0) is 0 Å². The van der Waals surface area contributed by atoms with Crippen LogP contribution in [0.25, 0.3) is 0 Å². The fourth-order valence-electron chi connectivity index (χ4n) is 2.09. The quantitative estimate of drug-likeness (QED) is 0.881. The van der Waals surface area contributed by atoms with Gasteiger partial charge in [-0.25, -0.2) is 4.39 Å². The zero-order valence-corrected chi connectivity index (χ0v) is 12.0. The van der Waals surface area contributed by atoms with Crippen LogP contribution in [0.2, 0.25) is 0 Å². The largest absolute Gasteiger partial charge is 0.320 e. The molecule has 0 heterocycles. The zero-order valence-electron chi connectivity index (χ0n) is 10.4. The molecule has 0 radical (unpaired) electrons. The Bertz CT molecular complexity index is 560. The molecule has 2 aromatic rings. The molecule has 3 heteroatoms. The fraction of sp³-hybridized carbons (Fsp3) is 0.200. The van der Waals surface area contributed by atoms with Gasteiger partial charge in [-0.1, -0.05) is 35.4 Å². The van der Waals surface area contributed by atoms with Crippen LogP contribution < -0.4 is 5.73 Å². The third-order valence-corrected chi connectivity index (χ3v) is 3.51. The highest BCUT2D eigenvalue weighted by atomic mass is 79.9. The van der Waals surface area contributed by atoms with Gasteiger partial charge in [0.05, 0.1) is 10.5 Å². The van der Waals surface area contributed by atoms with E-state index in [0.29, 0.717) is 4.47 Å². The summed E-state index contributed by atoms with van der Waals surface area (Å²) in [4.78, 5) is 0. The molecule has 94 valence electrons. The van der Waals surface area contributed by atoms with E-state index in [-0.39, 0.29) is 11.9 Å². The van der Waals surface area contributed by atoms with E-state index < -0.39 is 0 Å². The molecule has 0 aliphatic carbocycles. The minimum atomic E-state index is -0.272. The van der Waals surface area contributed by atoms with E-state index in [1.807, 2.05) is 13.8 Å². The molecule has 0 amide bonds. The van der Waals surface area contributed by atoms with E-state index in [0.717, 1.165) is 11.1 Å². The number of hydrogen-bond donors (Lipinski definition) is 1. The average Bonchev–Trinajstić information content (AvgIpc) is 2.30. The first-order valence-electron chi connectivity index (χ1n) is 5.76. The van der Waals surface area contributed by atoms with Gasteiger partial charge in [-0.15, -0.1) is 0 Å². The van der Waals surface area contributed by atoms with Crippen LogP contribution >= 0.6 is 15.9 Å². The lowest BCUT2D eigenvalue weighted by Gasteiger charge is -2.15. The molecule has 0 aliphatic heterocycles. The molecule has 0 bridgehead atoms. The molecule has 18 heavy (non-hydrogen) atoms. The van der Waals surface area contributed by atoms with Crippen molar-refractivity contribution in [3.05, 3.63) is 68.9 Å². The summed E-state index contributed by atoms with van der Waals surface area (Å²) < 4.78 is 13.6. The van der Waals surface area contributed by atoms with Crippen molar-refractivity contribution in [1.29, 1.82) is 0 Å². The van der Waals surface area contributed by atoms with Crippen LogP contribution in [0.5, 0.6) is 0 Å². The Kier molecular flexibility index (Phi) is 3.83. The molecule has 2 aromatic carbocycles. The maximum Gasteiger partial charge on any atom is 0.137 e. The molecular formula is C15H15BrFN. The molecule has 0 aliphatic rings. The molecule has 1 atom stereocenters. The minimum absolute atomic E-state index is 0.236. The van der Waals surface area contributed by atoms with Crippen molar-refractivity contribution in [2.75, 3.05) is 0 Å². The van der Waals surface area contributed by atoms with Crippen molar-refractivity contribution in [2.24, 2.45) is 5.73 Å². The zero-order chi connectivity index (χ0) is 13.3. The van der Waals surface area contributed by atoms with Crippen molar-refractivity contribution in [3.63, 3.8) is 0 Å². The molecule has 0 spiro atoms. The number of rotatable bonds is 2. The summed E-state index contributed by atoms with van der Waals surface area (Å²) in [6.07, 6.45) is 0.